The van der Waals surface area contributed by atoms with E-state index in [1.54, 1.807) is 0 Å². The van der Waals surface area contributed by atoms with Gasteiger partial charge in [0, 0.05) is 20.3 Å². The molecule has 0 bridgehead atoms. The molecule has 0 saturated carbocycles. The molecule has 0 aromatic heterocycles. The topological polar surface area (TPSA) is 403 Å². The molecule has 324 valence electrons. The Balaban J connectivity index is 1.56. The average molecular weight is 821 g/mol. The summed E-state index contributed by atoms with van der Waals surface area (Å²) in [6, 6.07) is -3.03. The maximum Gasteiger partial charge on any atom is 0.364 e. The van der Waals surface area contributed by atoms with E-state index in [2.05, 4.69) is 10.6 Å². The van der Waals surface area contributed by atoms with Crippen LogP contribution in [0.3, 0.4) is 0 Å². The Kier molecular flexibility index (Phi) is 15.8. The number of carboxylic acids is 1. The van der Waals surface area contributed by atoms with Gasteiger partial charge in [-0.05, 0) is 6.92 Å². The van der Waals surface area contributed by atoms with Gasteiger partial charge in [0.1, 0.15) is 85.4 Å². The van der Waals surface area contributed by atoms with Crippen molar-refractivity contribution in [2.45, 2.75) is 155 Å². The minimum atomic E-state index is -3.07. The van der Waals surface area contributed by atoms with Crippen molar-refractivity contribution in [2.75, 3.05) is 19.8 Å². The van der Waals surface area contributed by atoms with Crippen molar-refractivity contribution in [3.63, 3.8) is 0 Å². The standard InChI is InChI=1S/C31H52N2O23/c1-8-23(20(44)21(45)28(50-8)54-24-16(33-10(3)38)27(47)51-13(6-35)18(24)42)53-29-22(46)26(19(43)14(7-36)52-29)56-31(30(48)49)4-11(39)15(32-9(2)37)25(55-31)17(41)12(40)5-34/h8,11-29,34-36,39-47H,4-7H2,1-3H3,(H,32,37)(H,33,38)(H,48,49)/t8-,11-,12+,13+,14+,15+,16+,17+,18+,19-,20-,21-,22+,23+,24+,25+,26-,27?,28-,29-,31-/m0/s1. The van der Waals surface area contributed by atoms with E-state index < -0.39 is 172 Å². The lowest BCUT2D eigenvalue weighted by Crippen LogP contribution is -2.71. The van der Waals surface area contributed by atoms with Gasteiger partial charge in [0.25, 0.3) is 5.79 Å². The van der Waals surface area contributed by atoms with E-state index in [-0.39, 0.29) is 0 Å². The lowest BCUT2D eigenvalue weighted by Gasteiger charge is -2.51. The third kappa shape index (κ3) is 9.74. The summed E-state index contributed by atoms with van der Waals surface area (Å²) < 4.78 is 39.0. The van der Waals surface area contributed by atoms with Crippen LogP contribution >= 0.6 is 0 Å². The van der Waals surface area contributed by atoms with Gasteiger partial charge in [0.05, 0.1) is 38.1 Å². The molecule has 56 heavy (non-hydrogen) atoms. The van der Waals surface area contributed by atoms with Crippen molar-refractivity contribution in [1.82, 2.24) is 10.6 Å². The van der Waals surface area contributed by atoms with E-state index in [4.69, 9.17) is 33.2 Å². The summed E-state index contributed by atoms with van der Waals surface area (Å²) in [6.07, 6.45) is -34.5. The zero-order valence-corrected chi connectivity index (χ0v) is 30.3. The number of amides is 2. The average Bonchev–Trinajstić information content (AvgIpc) is 3.14. The van der Waals surface area contributed by atoms with Crippen molar-refractivity contribution in [1.29, 1.82) is 0 Å². The van der Waals surface area contributed by atoms with E-state index in [1.807, 2.05) is 0 Å². The maximum atomic E-state index is 12.8. The zero-order chi connectivity index (χ0) is 42.0. The number of aliphatic hydroxyl groups excluding tert-OH is 12. The summed E-state index contributed by atoms with van der Waals surface area (Å²) >= 11 is 0. The Morgan fingerprint density at radius 1 is 0.732 bits per heavy atom. The van der Waals surface area contributed by atoms with E-state index in [9.17, 15) is 80.8 Å². The quantitative estimate of drug-likeness (QED) is 0.0773. The van der Waals surface area contributed by atoms with Crippen LogP contribution in [0.2, 0.25) is 0 Å². The second-order valence-electron chi connectivity index (χ2n) is 14.0. The number of nitrogens with one attached hydrogen (secondary N) is 2. The maximum absolute atomic E-state index is 12.8. The Hall–Kier alpha value is -2.35. The van der Waals surface area contributed by atoms with E-state index in [0.717, 1.165) is 13.8 Å². The molecule has 4 rings (SSSR count). The van der Waals surface area contributed by atoms with Crippen LogP contribution in [0.4, 0.5) is 0 Å². The van der Waals surface area contributed by atoms with Crippen molar-refractivity contribution >= 4 is 17.8 Å². The molecule has 25 nitrogen and oxygen atoms in total. The molecule has 4 aliphatic rings. The number of carbonyl (C=O) groups excluding carboxylic acids is 2. The minimum absolute atomic E-state index is 0.680. The van der Waals surface area contributed by atoms with Gasteiger partial charge in [-0.2, -0.15) is 0 Å². The SMILES string of the molecule is CC(=O)N[C@H]1[C@H]([C@H](O)[C@H](O)CO)O[C@@](O[C@H]2[C@@H](O)[C@@H](CO)O[C@@H](O[C@H]3[C@@H](O)[C@H](O)[C@H](O[C@H]4[C@H](O)[C@@H](CO)OC(O)[C@@H]4NC(C)=O)O[C@H]3C)[C@@H]2O)(C(=O)O)C[C@@H]1O. The van der Waals surface area contributed by atoms with Gasteiger partial charge in [-0.25, -0.2) is 4.79 Å². The van der Waals surface area contributed by atoms with Crippen molar-refractivity contribution in [2.24, 2.45) is 0 Å². The molecule has 0 aliphatic carbocycles. The largest absolute Gasteiger partial charge is 0.477 e. The van der Waals surface area contributed by atoms with E-state index in [1.165, 1.54) is 6.92 Å². The van der Waals surface area contributed by atoms with Crippen molar-refractivity contribution in [3.05, 3.63) is 0 Å². The van der Waals surface area contributed by atoms with Gasteiger partial charge in [-0.15, -0.1) is 0 Å². The number of carboxylic acid groups (broad SMARTS) is 1. The van der Waals surface area contributed by atoms with Gasteiger partial charge in [-0.1, -0.05) is 0 Å². The van der Waals surface area contributed by atoms with Crippen LogP contribution in [-0.2, 0) is 47.5 Å². The first-order valence-corrected chi connectivity index (χ1v) is 17.6. The summed E-state index contributed by atoms with van der Waals surface area (Å²) in [4.78, 5) is 36.4. The van der Waals surface area contributed by atoms with Crippen LogP contribution in [0.1, 0.15) is 27.2 Å². The van der Waals surface area contributed by atoms with Gasteiger partial charge in [-0.3, -0.25) is 9.59 Å². The summed E-state index contributed by atoms with van der Waals surface area (Å²) in [7, 11) is 0. The minimum Gasteiger partial charge on any atom is -0.477 e. The lowest BCUT2D eigenvalue weighted by molar-refractivity contribution is -0.388. The Labute approximate surface area is 317 Å². The molecular weight excluding hydrogens is 768 g/mol. The highest BCUT2D eigenvalue weighted by atomic mass is 16.8. The molecule has 0 spiro atoms. The molecule has 1 unspecified atom stereocenters. The van der Waals surface area contributed by atoms with Gasteiger partial charge < -0.3 is 110 Å². The highest BCUT2D eigenvalue weighted by molar-refractivity contribution is 5.76. The van der Waals surface area contributed by atoms with Crippen LogP contribution in [0.15, 0.2) is 0 Å². The third-order valence-corrected chi connectivity index (χ3v) is 9.94. The van der Waals surface area contributed by atoms with Gasteiger partial charge in [0.2, 0.25) is 11.8 Å². The molecule has 15 N–H and O–H groups in total. The van der Waals surface area contributed by atoms with Crippen molar-refractivity contribution in [3.8, 4) is 0 Å². The first-order valence-electron chi connectivity index (χ1n) is 17.6. The number of hydrogen-bond donors (Lipinski definition) is 15. The number of aliphatic carboxylic acids is 1. The van der Waals surface area contributed by atoms with Crippen LogP contribution in [-0.4, -0.2) is 232 Å². The van der Waals surface area contributed by atoms with Gasteiger partial charge >= 0.3 is 5.97 Å². The number of aliphatic hydroxyl groups is 12. The van der Waals surface area contributed by atoms with Crippen LogP contribution < -0.4 is 10.6 Å². The molecule has 0 aromatic rings. The van der Waals surface area contributed by atoms with E-state index >= 15 is 0 Å². The van der Waals surface area contributed by atoms with Gasteiger partial charge in [0.15, 0.2) is 18.9 Å². The highest BCUT2D eigenvalue weighted by Gasteiger charge is 2.60. The number of hydrogen-bond acceptors (Lipinski definition) is 22. The molecular formula is C31H52N2O23. The number of ether oxygens (including phenoxy) is 7. The molecule has 4 aliphatic heterocycles. The summed E-state index contributed by atoms with van der Waals surface area (Å²) in [5.74, 6) is -6.52. The monoisotopic (exact) mass is 820 g/mol. The molecule has 4 heterocycles. The predicted molar refractivity (Wildman–Crippen MR) is 173 cm³/mol. The summed E-state index contributed by atoms with van der Waals surface area (Å²) in [6.45, 7) is 0.542. The van der Waals surface area contributed by atoms with Crippen molar-refractivity contribution < 1.29 is 114 Å². The number of carbonyl (C=O) groups is 3. The summed E-state index contributed by atoms with van der Waals surface area (Å²) in [5, 5.41) is 142. The molecule has 4 fully saturated rings. The molecule has 0 radical (unpaired) electrons. The second kappa shape index (κ2) is 19.1. The third-order valence-electron chi connectivity index (χ3n) is 9.94. The van der Waals surface area contributed by atoms with Crippen LogP contribution in [0, 0.1) is 0 Å². The molecule has 2 amide bonds. The fourth-order valence-corrected chi connectivity index (χ4v) is 7.02. The first-order chi connectivity index (χ1) is 26.2. The zero-order valence-electron chi connectivity index (χ0n) is 30.3. The smallest absolute Gasteiger partial charge is 0.364 e. The molecule has 0 aromatic carbocycles. The molecule has 4 saturated heterocycles. The first kappa shape index (κ1) is 46.3. The number of rotatable bonds is 14. The summed E-state index contributed by atoms with van der Waals surface area (Å²) in [5.41, 5.74) is 0. The molecule has 25 heteroatoms. The Morgan fingerprint density at radius 2 is 1.27 bits per heavy atom. The lowest BCUT2D eigenvalue weighted by atomic mass is 9.88. The fraction of sp³-hybridized carbons (Fsp3) is 0.903. The van der Waals surface area contributed by atoms with Crippen LogP contribution in [0.25, 0.3) is 0 Å². The van der Waals surface area contributed by atoms with E-state index in [0.29, 0.717) is 0 Å². The predicted octanol–water partition coefficient (Wildman–Crippen LogP) is -9.23. The highest BCUT2D eigenvalue weighted by Crippen LogP contribution is 2.38. The van der Waals surface area contributed by atoms with Crippen LogP contribution in [0.5, 0.6) is 0 Å². The molecule has 21 atom stereocenters. The second-order valence-corrected chi connectivity index (χ2v) is 14.0. The Morgan fingerprint density at radius 3 is 1.82 bits per heavy atom. The normalized spacial score (nSPS) is 45.7. The fourth-order valence-electron chi connectivity index (χ4n) is 7.02. The Bertz CT molecular complexity index is 1330.